The minimum atomic E-state index is -0.284. The van der Waals surface area contributed by atoms with E-state index in [1.54, 1.807) is 7.11 Å². The van der Waals surface area contributed by atoms with Crippen LogP contribution in [0.5, 0.6) is 5.75 Å². The number of thiazole rings is 1. The lowest BCUT2D eigenvalue weighted by Crippen LogP contribution is -2.23. The van der Waals surface area contributed by atoms with E-state index in [2.05, 4.69) is 15.0 Å². The Hall–Kier alpha value is -2.25. The second-order valence-electron chi connectivity index (χ2n) is 5.08. The summed E-state index contributed by atoms with van der Waals surface area (Å²) in [6, 6.07) is 15.4. The molecule has 3 rings (SSSR count). The number of anilines is 1. The number of carbonyl (C=O) groups excluding carboxylic acids is 1. The third kappa shape index (κ3) is 3.98. The smallest absolute Gasteiger partial charge is 0.331 e. The van der Waals surface area contributed by atoms with Crippen molar-refractivity contribution in [3.8, 4) is 5.75 Å². The highest BCUT2D eigenvalue weighted by Gasteiger charge is 2.11. The number of benzene rings is 2. The maximum Gasteiger partial charge on any atom is 0.331 e. The Balaban J connectivity index is 1.58. The lowest BCUT2D eigenvalue weighted by molar-refractivity contribution is 0.257. The van der Waals surface area contributed by atoms with Crippen molar-refractivity contribution >= 4 is 44.7 Å². The molecule has 0 spiro atoms. The van der Waals surface area contributed by atoms with E-state index >= 15 is 0 Å². The summed E-state index contributed by atoms with van der Waals surface area (Å²) in [4.78, 5) is 16.4. The molecule has 0 bridgehead atoms. The van der Waals surface area contributed by atoms with Crippen molar-refractivity contribution in [2.24, 2.45) is 0 Å². The van der Waals surface area contributed by atoms with E-state index in [-0.39, 0.29) is 11.3 Å². The number of hydrogen-bond donors (Lipinski definition) is 2. The van der Waals surface area contributed by atoms with E-state index in [9.17, 15) is 4.79 Å². The highest BCUT2D eigenvalue weighted by molar-refractivity contribution is 7.98. The normalized spacial score (nSPS) is 11.9. The number of fused-ring (bicyclic) bond motifs is 1. The molecule has 0 aliphatic heterocycles. The molecule has 1 aromatic heterocycles. The number of ether oxygens (including phenoxy) is 1. The average molecular weight is 359 g/mol. The second kappa shape index (κ2) is 7.55. The Bertz CT molecular complexity index is 836. The summed E-state index contributed by atoms with van der Waals surface area (Å²) in [5.74, 6) is 0.773. The van der Waals surface area contributed by atoms with Crippen LogP contribution in [-0.4, -0.2) is 18.1 Å². The van der Waals surface area contributed by atoms with Crippen molar-refractivity contribution < 1.29 is 9.53 Å². The van der Waals surface area contributed by atoms with Crippen LogP contribution in [-0.2, 0) is 0 Å². The van der Waals surface area contributed by atoms with E-state index in [1.165, 1.54) is 23.3 Å². The zero-order chi connectivity index (χ0) is 16.9. The molecule has 0 saturated carbocycles. The van der Waals surface area contributed by atoms with Crippen LogP contribution < -0.4 is 14.8 Å². The number of amides is 2. The molecule has 124 valence electrons. The third-order valence-electron chi connectivity index (χ3n) is 3.41. The topological polar surface area (TPSA) is 63.2 Å². The van der Waals surface area contributed by atoms with Crippen molar-refractivity contribution in [3.05, 3.63) is 54.1 Å². The number of carbonyl (C=O) groups is 1. The van der Waals surface area contributed by atoms with Crippen LogP contribution in [0.1, 0.15) is 17.7 Å². The molecule has 7 heteroatoms. The molecule has 2 aromatic carbocycles. The molecule has 0 fully saturated rings. The Morgan fingerprint density at radius 3 is 2.79 bits per heavy atom. The van der Waals surface area contributed by atoms with Crippen LogP contribution >= 0.6 is 23.3 Å². The fraction of sp³-hybridized carbons (Fsp3) is 0.176. The van der Waals surface area contributed by atoms with E-state index in [1.807, 2.05) is 55.5 Å². The van der Waals surface area contributed by atoms with Crippen LogP contribution in [0.3, 0.4) is 0 Å². The molecule has 0 aliphatic rings. The summed E-state index contributed by atoms with van der Waals surface area (Å²) in [5, 5.41) is 3.49. The molecule has 3 aromatic rings. The predicted octanol–water partition coefficient (Wildman–Crippen LogP) is 4.84. The van der Waals surface area contributed by atoms with E-state index < -0.39 is 0 Å². The van der Waals surface area contributed by atoms with Gasteiger partial charge in [-0.1, -0.05) is 41.7 Å². The quantitative estimate of drug-likeness (QED) is 0.640. The maximum atomic E-state index is 12.0. The van der Waals surface area contributed by atoms with Gasteiger partial charge in [-0.15, -0.1) is 0 Å². The molecule has 1 heterocycles. The summed E-state index contributed by atoms with van der Waals surface area (Å²) in [5.41, 5.74) is 2.00. The third-order valence-corrected chi connectivity index (χ3v) is 5.28. The summed E-state index contributed by atoms with van der Waals surface area (Å²) in [6.07, 6.45) is 0. The average Bonchev–Trinajstić information content (AvgIpc) is 3.01. The molecule has 0 saturated heterocycles. The van der Waals surface area contributed by atoms with Gasteiger partial charge in [0.05, 0.1) is 17.3 Å². The first kappa shape index (κ1) is 16.6. The number of urea groups is 1. The lowest BCUT2D eigenvalue weighted by atomic mass is 10.2. The Morgan fingerprint density at radius 1 is 1.25 bits per heavy atom. The first-order valence-electron chi connectivity index (χ1n) is 7.38. The molecular weight excluding hydrogens is 342 g/mol. The fourth-order valence-corrected chi connectivity index (χ4v) is 3.66. The highest BCUT2D eigenvalue weighted by Crippen LogP contribution is 2.29. The Labute approximate surface area is 148 Å². The summed E-state index contributed by atoms with van der Waals surface area (Å²) < 4.78 is 8.97. The number of nitrogens with zero attached hydrogens (tertiary/aromatic N) is 1. The fourth-order valence-electron chi connectivity index (χ4n) is 2.14. The van der Waals surface area contributed by atoms with Gasteiger partial charge >= 0.3 is 6.03 Å². The molecule has 2 amide bonds. The number of rotatable bonds is 5. The minimum Gasteiger partial charge on any atom is -0.497 e. The number of methoxy groups -OCH3 is 1. The zero-order valence-corrected chi connectivity index (χ0v) is 14.9. The van der Waals surface area contributed by atoms with Gasteiger partial charge in [-0.2, -0.15) is 0 Å². The van der Waals surface area contributed by atoms with Gasteiger partial charge in [0, 0.05) is 5.25 Å². The van der Waals surface area contributed by atoms with Gasteiger partial charge in [-0.3, -0.25) is 10.0 Å². The lowest BCUT2D eigenvalue weighted by Gasteiger charge is -2.11. The van der Waals surface area contributed by atoms with Gasteiger partial charge in [0.15, 0.2) is 5.13 Å². The Kier molecular flexibility index (Phi) is 5.22. The zero-order valence-electron chi connectivity index (χ0n) is 13.3. The molecule has 0 unspecified atom stereocenters. The molecule has 0 radical (unpaired) electrons. The largest absolute Gasteiger partial charge is 0.497 e. The van der Waals surface area contributed by atoms with E-state index in [4.69, 9.17) is 4.74 Å². The molecule has 0 aliphatic carbocycles. The van der Waals surface area contributed by atoms with Gasteiger partial charge in [0.25, 0.3) is 0 Å². The van der Waals surface area contributed by atoms with Crippen molar-refractivity contribution in [1.29, 1.82) is 0 Å². The first-order chi connectivity index (χ1) is 11.7. The van der Waals surface area contributed by atoms with E-state index in [0.717, 1.165) is 21.5 Å². The van der Waals surface area contributed by atoms with Gasteiger partial charge in [-0.25, -0.2) is 9.78 Å². The highest BCUT2D eigenvalue weighted by atomic mass is 32.2. The maximum absolute atomic E-state index is 12.0. The SMILES string of the molecule is COc1ccc2nc(NC(=O)NS[C@@H](C)c3ccccc3)sc2c1. The van der Waals surface area contributed by atoms with Crippen molar-refractivity contribution in [2.45, 2.75) is 12.2 Å². The monoisotopic (exact) mass is 359 g/mol. The molecule has 2 N–H and O–H groups in total. The molecule has 24 heavy (non-hydrogen) atoms. The van der Waals surface area contributed by atoms with Crippen molar-refractivity contribution in [3.63, 3.8) is 0 Å². The molecular formula is C17H17N3O2S2. The van der Waals surface area contributed by atoms with Gasteiger partial charge in [0.1, 0.15) is 5.75 Å². The Morgan fingerprint density at radius 2 is 2.04 bits per heavy atom. The predicted molar refractivity (Wildman–Crippen MR) is 101 cm³/mol. The number of nitrogens with one attached hydrogen (secondary N) is 2. The molecule has 5 nitrogen and oxygen atoms in total. The number of aromatic nitrogens is 1. The summed E-state index contributed by atoms with van der Waals surface area (Å²) in [6.45, 7) is 2.05. The van der Waals surface area contributed by atoms with Crippen LogP contribution in [0.2, 0.25) is 0 Å². The summed E-state index contributed by atoms with van der Waals surface area (Å²) >= 11 is 2.78. The van der Waals surface area contributed by atoms with Gasteiger partial charge < -0.3 is 4.74 Å². The van der Waals surface area contributed by atoms with Gasteiger partial charge in [-0.05, 0) is 42.6 Å². The second-order valence-corrected chi connectivity index (χ2v) is 7.26. The van der Waals surface area contributed by atoms with Crippen LogP contribution in [0, 0.1) is 0 Å². The summed E-state index contributed by atoms with van der Waals surface area (Å²) in [7, 11) is 1.62. The number of hydrogen-bond acceptors (Lipinski definition) is 5. The standard InChI is InChI=1S/C17H17N3O2S2/c1-11(12-6-4-3-5-7-12)24-20-16(21)19-17-18-14-9-8-13(22-2)10-15(14)23-17/h3-11H,1-2H3,(H2,18,19,20,21)/t11-/m0/s1. The van der Waals surface area contributed by atoms with Crippen LogP contribution in [0.4, 0.5) is 9.93 Å². The van der Waals surface area contributed by atoms with Crippen LogP contribution in [0.25, 0.3) is 10.2 Å². The van der Waals surface area contributed by atoms with Gasteiger partial charge in [0.2, 0.25) is 0 Å². The van der Waals surface area contributed by atoms with Crippen molar-refractivity contribution in [1.82, 2.24) is 9.71 Å². The molecule has 1 atom stereocenters. The van der Waals surface area contributed by atoms with Crippen molar-refractivity contribution in [2.75, 3.05) is 12.4 Å². The first-order valence-corrected chi connectivity index (χ1v) is 9.07. The van der Waals surface area contributed by atoms with E-state index in [0.29, 0.717) is 5.13 Å². The minimum absolute atomic E-state index is 0.163. The van der Waals surface area contributed by atoms with Crippen LogP contribution in [0.15, 0.2) is 48.5 Å².